The van der Waals surface area contributed by atoms with Crippen LogP contribution >= 0.6 is 0 Å². The molecule has 0 aromatic heterocycles. The molecular formula is C10H19NO3S. The zero-order valence-corrected chi connectivity index (χ0v) is 9.96. The molecule has 0 radical (unpaired) electrons. The van der Waals surface area contributed by atoms with Gasteiger partial charge in [-0.25, -0.2) is 8.42 Å². The predicted octanol–water partition coefficient (Wildman–Crippen LogP) is -0.122. The lowest BCUT2D eigenvalue weighted by Gasteiger charge is -2.45. The highest BCUT2D eigenvalue weighted by atomic mass is 32.2. The zero-order chi connectivity index (χ0) is 11.1. The van der Waals surface area contributed by atoms with E-state index in [1.54, 1.807) is 0 Å². The molecule has 4 nitrogen and oxygen atoms in total. The second-order valence-corrected chi connectivity index (χ2v) is 7.47. The van der Waals surface area contributed by atoms with Crippen molar-refractivity contribution in [1.29, 1.82) is 0 Å². The third kappa shape index (κ3) is 2.71. The molecule has 0 aromatic carbocycles. The predicted molar refractivity (Wildman–Crippen MR) is 58.4 cm³/mol. The van der Waals surface area contributed by atoms with Crippen molar-refractivity contribution in [3.05, 3.63) is 0 Å². The van der Waals surface area contributed by atoms with E-state index in [2.05, 4.69) is 11.8 Å². The molecule has 1 saturated heterocycles. The lowest BCUT2D eigenvalue weighted by atomic mass is 9.72. The molecular weight excluding hydrogens is 214 g/mol. The van der Waals surface area contributed by atoms with Crippen LogP contribution in [0.15, 0.2) is 0 Å². The van der Waals surface area contributed by atoms with Crippen molar-refractivity contribution in [2.75, 3.05) is 31.1 Å². The summed E-state index contributed by atoms with van der Waals surface area (Å²) in [6.45, 7) is 3.94. The van der Waals surface area contributed by atoms with Crippen molar-refractivity contribution in [2.24, 2.45) is 5.92 Å². The maximum Gasteiger partial charge on any atom is 0.152 e. The largest absolute Gasteiger partial charge is 0.389 e. The Labute approximate surface area is 91.2 Å². The normalized spacial score (nSPS) is 41.1. The van der Waals surface area contributed by atoms with Crippen LogP contribution in [0.2, 0.25) is 0 Å². The standard InChI is InChI=1S/C10H19NO3S/c1-9-6-10(12,7-9)8-11-2-4-15(13,14)5-3-11/h9,12H,2-8H2,1H3. The third-order valence-corrected chi connectivity index (χ3v) is 5.02. The van der Waals surface area contributed by atoms with Gasteiger partial charge < -0.3 is 5.11 Å². The van der Waals surface area contributed by atoms with Gasteiger partial charge in [-0.2, -0.15) is 0 Å². The summed E-state index contributed by atoms with van der Waals surface area (Å²) in [7, 11) is -2.79. The number of hydrogen-bond donors (Lipinski definition) is 1. The Kier molecular flexibility index (Phi) is 2.81. The van der Waals surface area contributed by atoms with E-state index in [-0.39, 0.29) is 11.5 Å². The van der Waals surface area contributed by atoms with Gasteiger partial charge in [0.2, 0.25) is 0 Å². The molecule has 0 bridgehead atoms. The topological polar surface area (TPSA) is 57.6 Å². The van der Waals surface area contributed by atoms with Gasteiger partial charge in [-0.05, 0) is 18.8 Å². The highest BCUT2D eigenvalue weighted by molar-refractivity contribution is 7.91. The van der Waals surface area contributed by atoms with Crippen LogP contribution in [0.25, 0.3) is 0 Å². The minimum absolute atomic E-state index is 0.249. The molecule has 2 aliphatic rings. The number of β-amino-alcohol motifs (C(OH)–C–C–N with tert-alkyl or cyclic N) is 1. The molecule has 0 aromatic rings. The number of sulfone groups is 1. The van der Waals surface area contributed by atoms with Gasteiger partial charge in [0.1, 0.15) is 0 Å². The molecule has 1 N–H and O–H groups in total. The monoisotopic (exact) mass is 233 g/mol. The second kappa shape index (κ2) is 3.71. The first-order chi connectivity index (χ1) is 6.89. The van der Waals surface area contributed by atoms with E-state index >= 15 is 0 Å². The smallest absolute Gasteiger partial charge is 0.152 e. The molecule has 15 heavy (non-hydrogen) atoms. The molecule has 1 saturated carbocycles. The van der Waals surface area contributed by atoms with Gasteiger partial charge >= 0.3 is 0 Å². The summed E-state index contributed by atoms with van der Waals surface area (Å²) < 4.78 is 22.4. The summed E-state index contributed by atoms with van der Waals surface area (Å²) in [5.41, 5.74) is -0.541. The van der Waals surface area contributed by atoms with Crippen molar-refractivity contribution in [3.63, 3.8) is 0 Å². The van der Waals surface area contributed by atoms with Gasteiger partial charge in [0.15, 0.2) is 9.84 Å². The van der Waals surface area contributed by atoms with E-state index in [0.717, 1.165) is 12.8 Å². The zero-order valence-electron chi connectivity index (χ0n) is 9.15. The van der Waals surface area contributed by atoms with Crippen molar-refractivity contribution in [2.45, 2.75) is 25.4 Å². The number of rotatable bonds is 2. The van der Waals surface area contributed by atoms with E-state index in [1.165, 1.54) is 0 Å². The first-order valence-electron chi connectivity index (χ1n) is 5.54. The summed E-state index contributed by atoms with van der Waals surface area (Å²) in [4.78, 5) is 2.08. The lowest BCUT2D eigenvalue weighted by molar-refractivity contribution is -0.0871. The summed E-state index contributed by atoms with van der Waals surface area (Å²) in [5, 5.41) is 10.1. The average Bonchev–Trinajstić information content (AvgIpc) is 2.06. The van der Waals surface area contributed by atoms with E-state index in [4.69, 9.17) is 0 Å². The van der Waals surface area contributed by atoms with Crippen molar-refractivity contribution in [1.82, 2.24) is 4.90 Å². The van der Waals surface area contributed by atoms with E-state index < -0.39 is 15.4 Å². The molecule has 0 atom stereocenters. The molecule has 1 heterocycles. The minimum atomic E-state index is -2.79. The van der Waals surface area contributed by atoms with Gasteiger partial charge in [0, 0.05) is 19.6 Å². The number of aliphatic hydroxyl groups is 1. The van der Waals surface area contributed by atoms with Crippen LogP contribution in [-0.2, 0) is 9.84 Å². The Morgan fingerprint density at radius 1 is 1.33 bits per heavy atom. The maximum atomic E-state index is 11.2. The first-order valence-corrected chi connectivity index (χ1v) is 7.36. The highest BCUT2D eigenvalue weighted by Gasteiger charge is 2.41. The molecule has 1 aliphatic heterocycles. The van der Waals surface area contributed by atoms with Crippen LogP contribution in [0.4, 0.5) is 0 Å². The van der Waals surface area contributed by atoms with Crippen molar-refractivity contribution < 1.29 is 13.5 Å². The van der Waals surface area contributed by atoms with Gasteiger partial charge in [0.05, 0.1) is 17.1 Å². The Hall–Kier alpha value is -0.130. The van der Waals surface area contributed by atoms with E-state index in [1.807, 2.05) is 0 Å². The Bertz CT molecular complexity index is 319. The molecule has 5 heteroatoms. The number of hydrogen-bond acceptors (Lipinski definition) is 4. The molecule has 0 spiro atoms. The quantitative estimate of drug-likeness (QED) is 0.722. The molecule has 88 valence electrons. The lowest BCUT2D eigenvalue weighted by Crippen LogP contribution is -2.54. The Morgan fingerprint density at radius 3 is 2.33 bits per heavy atom. The van der Waals surface area contributed by atoms with Crippen LogP contribution in [0.5, 0.6) is 0 Å². The second-order valence-electron chi connectivity index (χ2n) is 5.17. The molecule has 2 fully saturated rings. The Morgan fingerprint density at radius 2 is 1.87 bits per heavy atom. The molecule has 1 aliphatic carbocycles. The first kappa shape index (κ1) is 11.4. The maximum absolute atomic E-state index is 11.2. The third-order valence-electron chi connectivity index (χ3n) is 3.41. The van der Waals surface area contributed by atoms with E-state index in [9.17, 15) is 13.5 Å². The summed E-state index contributed by atoms with van der Waals surface area (Å²) in [6.07, 6.45) is 1.71. The summed E-state index contributed by atoms with van der Waals surface area (Å²) in [5.74, 6) is 1.11. The van der Waals surface area contributed by atoms with Crippen molar-refractivity contribution >= 4 is 9.84 Å². The van der Waals surface area contributed by atoms with Gasteiger partial charge in [-0.1, -0.05) is 6.92 Å². The van der Waals surface area contributed by atoms with Gasteiger partial charge in [-0.15, -0.1) is 0 Å². The highest BCUT2D eigenvalue weighted by Crippen LogP contribution is 2.37. The minimum Gasteiger partial charge on any atom is -0.389 e. The van der Waals surface area contributed by atoms with Gasteiger partial charge in [0.25, 0.3) is 0 Å². The molecule has 0 amide bonds. The van der Waals surface area contributed by atoms with Gasteiger partial charge in [-0.3, -0.25) is 4.90 Å². The number of nitrogens with zero attached hydrogens (tertiary/aromatic N) is 1. The van der Waals surface area contributed by atoms with Crippen LogP contribution < -0.4 is 0 Å². The fourth-order valence-corrected chi connectivity index (χ4v) is 3.97. The van der Waals surface area contributed by atoms with Crippen LogP contribution in [0.1, 0.15) is 19.8 Å². The van der Waals surface area contributed by atoms with Crippen molar-refractivity contribution in [3.8, 4) is 0 Å². The summed E-state index contributed by atoms with van der Waals surface area (Å²) in [6, 6.07) is 0. The van der Waals surface area contributed by atoms with E-state index in [0.29, 0.717) is 25.6 Å². The van der Waals surface area contributed by atoms with Crippen LogP contribution in [0.3, 0.4) is 0 Å². The fourth-order valence-electron chi connectivity index (χ4n) is 2.69. The summed E-state index contributed by atoms with van der Waals surface area (Å²) >= 11 is 0. The SMILES string of the molecule is CC1CC(O)(CN2CCS(=O)(=O)CC2)C1. The average molecular weight is 233 g/mol. The molecule has 2 rings (SSSR count). The Balaban J connectivity index is 1.82. The van der Waals surface area contributed by atoms with Crippen LogP contribution in [-0.4, -0.2) is 55.2 Å². The van der Waals surface area contributed by atoms with Crippen LogP contribution in [0, 0.1) is 5.92 Å². The fraction of sp³-hybridized carbons (Fsp3) is 1.00. The molecule has 0 unspecified atom stereocenters.